The van der Waals surface area contributed by atoms with Gasteiger partial charge in [-0.3, -0.25) is 9.48 Å². The van der Waals surface area contributed by atoms with Gasteiger partial charge in [0.15, 0.2) is 0 Å². The van der Waals surface area contributed by atoms with E-state index in [2.05, 4.69) is 25.7 Å². The number of halogens is 1. The van der Waals surface area contributed by atoms with Crippen LogP contribution in [-0.2, 0) is 13.1 Å². The van der Waals surface area contributed by atoms with Gasteiger partial charge in [0, 0.05) is 25.5 Å². The van der Waals surface area contributed by atoms with Gasteiger partial charge < -0.3 is 16.4 Å². The molecule has 8 nitrogen and oxygen atoms in total. The molecule has 2 aromatic heterocycles. The second kappa shape index (κ2) is 7.81. The molecule has 0 spiro atoms. The minimum atomic E-state index is -0.640. The molecule has 0 saturated carbocycles. The molecule has 2 heterocycles. The van der Waals surface area contributed by atoms with Gasteiger partial charge in [-0.1, -0.05) is 6.07 Å². The van der Waals surface area contributed by atoms with Gasteiger partial charge in [0.25, 0.3) is 5.91 Å². The Morgan fingerprint density at radius 3 is 2.81 bits per heavy atom. The third-order valence-electron chi connectivity index (χ3n) is 4.02. The smallest absolute Gasteiger partial charge is 0.254 e. The molecule has 0 aliphatic carbocycles. The molecule has 27 heavy (non-hydrogen) atoms. The number of benzene rings is 1. The van der Waals surface area contributed by atoms with Gasteiger partial charge in [-0.2, -0.15) is 10.1 Å². The van der Waals surface area contributed by atoms with Crippen LogP contribution in [0.25, 0.3) is 0 Å². The fraction of sp³-hybridized carbons (Fsp3) is 0.222. The number of nitrogens with one attached hydrogen (secondary N) is 2. The number of hydrogen-bond acceptors (Lipinski definition) is 6. The molecule has 0 aliphatic heterocycles. The van der Waals surface area contributed by atoms with E-state index in [4.69, 9.17) is 5.73 Å². The van der Waals surface area contributed by atoms with Gasteiger partial charge in [-0.25, -0.2) is 9.37 Å². The highest BCUT2D eigenvalue weighted by molar-refractivity contribution is 5.97. The van der Waals surface area contributed by atoms with E-state index in [1.54, 1.807) is 16.9 Å². The lowest BCUT2D eigenvalue weighted by Crippen LogP contribution is -2.17. The van der Waals surface area contributed by atoms with Crippen molar-refractivity contribution in [2.75, 3.05) is 10.6 Å². The minimum absolute atomic E-state index is 0.171. The first-order valence-electron chi connectivity index (χ1n) is 8.41. The maximum Gasteiger partial charge on any atom is 0.254 e. The van der Waals surface area contributed by atoms with Crippen LogP contribution in [0.3, 0.4) is 0 Å². The summed E-state index contributed by atoms with van der Waals surface area (Å²) in [6.07, 6.45) is 4.84. The van der Waals surface area contributed by atoms with Crippen molar-refractivity contribution in [3.63, 3.8) is 0 Å². The van der Waals surface area contributed by atoms with Crippen molar-refractivity contribution >= 4 is 23.4 Å². The lowest BCUT2D eigenvalue weighted by molar-refractivity contribution is 0.100. The largest absolute Gasteiger partial charge is 0.365 e. The number of nitrogens with two attached hydrogens (primary N) is 1. The number of aryl methyl sites for hydroxylation is 2. The number of carbonyl (C=O) groups is 1. The minimum Gasteiger partial charge on any atom is -0.365 e. The monoisotopic (exact) mass is 369 g/mol. The third-order valence-corrected chi connectivity index (χ3v) is 4.02. The van der Waals surface area contributed by atoms with Gasteiger partial charge in [0.1, 0.15) is 11.6 Å². The Bertz CT molecular complexity index is 970. The van der Waals surface area contributed by atoms with Gasteiger partial charge >= 0.3 is 0 Å². The normalized spacial score (nSPS) is 10.6. The zero-order chi connectivity index (χ0) is 19.4. The molecule has 0 radical (unpaired) electrons. The van der Waals surface area contributed by atoms with Gasteiger partial charge in [0.2, 0.25) is 5.95 Å². The molecular formula is C18H20FN7O. The zero-order valence-corrected chi connectivity index (χ0v) is 15.0. The van der Waals surface area contributed by atoms with Crippen LogP contribution in [0.5, 0.6) is 0 Å². The van der Waals surface area contributed by atoms with Crippen LogP contribution in [0.1, 0.15) is 28.4 Å². The average Bonchev–Trinajstić information content (AvgIpc) is 3.08. The predicted molar refractivity (Wildman–Crippen MR) is 100 cm³/mol. The average molecular weight is 369 g/mol. The summed E-state index contributed by atoms with van der Waals surface area (Å²) in [4.78, 5) is 20.1. The second-order valence-electron chi connectivity index (χ2n) is 5.95. The molecular weight excluding hydrogens is 349 g/mol. The van der Waals surface area contributed by atoms with E-state index in [0.717, 1.165) is 23.4 Å². The molecule has 0 unspecified atom stereocenters. The molecule has 0 fully saturated rings. The van der Waals surface area contributed by atoms with E-state index in [1.165, 1.54) is 18.3 Å². The molecule has 4 N–H and O–H groups in total. The Hall–Kier alpha value is -3.49. The Morgan fingerprint density at radius 1 is 1.33 bits per heavy atom. The molecule has 0 saturated heterocycles. The Kier molecular flexibility index (Phi) is 5.30. The molecule has 1 aromatic carbocycles. The zero-order valence-electron chi connectivity index (χ0n) is 15.0. The number of aromatic nitrogens is 4. The number of rotatable bonds is 7. The molecule has 0 aliphatic rings. The van der Waals surface area contributed by atoms with Crippen LogP contribution in [0.4, 0.5) is 21.8 Å². The summed E-state index contributed by atoms with van der Waals surface area (Å²) in [7, 11) is 0. The Morgan fingerprint density at radius 2 is 2.15 bits per heavy atom. The first-order valence-corrected chi connectivity index (χ1v) is 8.41. The summed E-state index contributed by atoms with van der Waals surface area (Å²) < 4.78 is 15.0. The highest BCUT2D eigenvalue weighted by atomic mass is 19.1. The number of primary amides is 1. The number of amides is 1. The fourth-order valence-electron chi connectivity index (χ4n) is 2.52. The third kappa shape index (κ3) is 4.38. The van der Waals surface area contributed by atoms with Crippen molar-refractivity contribution in [1.29, 1.82) is 0 Å². The standard InChI is InChI=1S/C18H20FN7O/c1-3-26-10-14(8-23-26)24-18-22-9-15(16(20)27)17(25-18)21-7-12-4-5-13(19)6-11(12)2/h4-6,8-10H,3,7H2,1-2H3,(H2,20,27)(H2,21,22,24,25). The highest BCUT2D eigenvalue weighted by Crippen LogP contribution is 2.19. The fourth-order valence-corrected chi connectivity index (χ4v) is 2.52. The van der Waals surface area contributed by atoms with Crippen LogP contribution in [0, 0.1) is 12.7 Å². The molecule has 1 amide bonds. The van der Waals surface area contributed by atoms with E-state index in [-0.39, 0.29) is 11.4 Å². The topological polar surface area (TPSA) is 111 Å². The Labute approximate surface area is 155 Å². The molecule has 3 aromatic rings. The number of anilines is 3. The maximum absolute atomic E-state index is 13.3. The van der Waals surface area contributed by atoms with Crippen molar-refractivity contribution in [2.45, 2.75) is 26.9 Å². The van der Waals surface area contributed by atoms with Crippen molar-refractivity contribution < 1.29 is 9.18 Å². The van der Waals surface area contributed by atoms with Crippen molar-refractivity contribution in [3.05, 3.63) is 59.3 Å². The molecule has 0 bridgehead atoms. The molecule has 0 atom stereocenters. The summed E-state index contributed by atoms with van der Waals surface area (Å²) >= 11 is 0. The van der Waals surface area contributed by atoms with Crippen LogP contribution in [0.2, 0.25) is 0 Å². The lowest BCUT2D eigenvalue weighted by Gasteiger charge is -2.12. The molecule has 3 rings (SSSR count). The van der Waals surface area contributed by atoms with E-state index in [1.807, 2.05) is 20.0 Å². The number of hydrogen-bond donors (Lipinski definition) is 3. The quantitative estimate of drug-likeness (QED) is 0.590. The maximum atomic E-state index is 13.3. The van der Waals surface area contributed by atoms with Crippen LogP contribution in [-0.4, -0.2) is 25.7 Å². The lowest BCUT2D eigenvalue weighted by atomic mass is 10.1. The van der Waals surface area contributed by atoms with Crippen LogP contribution in [0.15, 0.2) is 36.8 Å². The summed E-state index contributed by atoms with van der Waals surface area (Å²) in [5.41, 5.74) is 7.98. The van der Waals surface area contributed by atoms with Crippen molar-refractivity contribution in [3.8, 4) is 0 Å². The van der Waals surface area contributed by atoms with Crippen LogP contribution >= 0.6 is 0 Å². The van der Waals surface area contributed by atoms with Gasteiger partial charge in [-0.15, -0.1) is 0 Å². The molecule has 9 heteroatoms. The van der Waals surface area contributed by atoms with E-state index in [9.17, 15) is 9.18 Å². The molecule has 140 valence electrons. The Balaban J connectivity index is 1.81. The van der Waals surface area contributed by atoms with Crippen molar-refractivity contribution in [2.24, 2.45) is 5.73 Å². The van der Waals surface area contributed by atoms with Crippen LogP contribution < -0.4 is 16.4 Å². The summed E-state index contributed by atoms with van der Waals surface area (Å²) in [6, 6.07) is 4.52. The summed E-state index contributed by atoms with van der Waals surface area (Å²) in [5, 5.41) is 10.3. The highest BCUT2D eigenvalue weighted by Gasteiger charge is 2.13. The van der Waals surface area contributed by atoms with Gasteiger partial charge in [-0.05, 0) is 37.1 Å². The van der Waals surface area contributed by atoms with E-state index in [0.29, 0.717) is 18.3 Å². The summed E-state index contributed by atoms with van der Waals surface area (Å²) in [6.45, 7) is 4.89. The van der Waals surface area contributed by atoms with Crippen molar-refractivity contribution in [1.82, 2.24) is 19.7 Å². The number of nitrogens with zero attached hydrogens (tertiary/aromatic N) is 4. The number of carbonyl (C=O) groups excluding carboxylic acids is 1. The SMILES string of the molecule is CCn1cc(Nc2ncc(C(N)=O)c(NCc3ccc(F)cc3C)n2)cn1. The second-order valence-corrected chi connectivity index (χ2v) is 5.95. The van der Waals surface area contributed by atoms with E-state index < -0.39 is 5.91 Å². The summed E-state index contributed by atoms with van der Waals surface area (Å²) in [5.74, 6) is -0.338. The van der Waals surface area contributed by atoms with E-state index >= 15 is 0 Å². The first-order chi connectivity index (χ1) is 13.0. The van der Waals surface area contributed by atoms with Gasteiger partial charge in [0.05, 0.1) is 17.4 Å². The first kappa shape index (κ1) is 18.3. The predicted octanol–water partition coefficient (Wildman–Crippen LogP) is 2.60.